The average molecular weight is 446 g/mol. The molecule has 0 aliphatic carbocycles. The zero-order valence-corrected chi connectivity index (χ0v) is 19.4. The highest BCUT2D eigenvalue weighted by Crippen LogP contribution is 2.30. The molecule has 3 rings (SSSR count). The van der Waals surface area contributed by atoms with E-state index in [1.807, 2.05) is 32.2 Å². The molecule has 0 spiro atoms. The quantitative estimate of drug-likeness (QED) is 0.529. The van der Waals surface area contributed by atoms with E-state index in [4.69, 9.17) is 14.2 Å². The Labute approximate surface area is 184 Å². The summed E-state index contributed by atoms with van der Waals surface area (Å²) in [5.74, 6) is 1.55. The third kappa shape index (κ3) is 4.57. The number of hydrogen-bond acceptors (Lipinski definition) is 8. The van der Waals surface area contributed by atoms with Gasteiger partial charge in [0.1, 0.15) is 27.0 Å². The fourth-order valence-electron chi connectivity index (χ4n) is 3.35. The van der Waals surface area contributed by atoms with Gasteiger partial charge in [0.25, 0.3) is 5.56 Å². The molecule has 2 aromatic heterocycles. The van der Waals surface area contributed by atoms with Crippen LogP contribution in [0.5, 0.6) is 11.5 Å². The molecule has 0 radical (unpaired) electrons. The van der Waals surface area contributed by atoms with Gasteiger partial charge in [-0.2, -0.15) is 0 Å². The van der Waals surface area contributed by atoms with Gasteiger partial charge in [-0.15, -0.1) is 11.3 Å². The predicted molar refractivity (Wildman–Crippen MR) is 120 cm³/mol. The monoisotopic (exact) mass is 445 g/mol. The molecule has 0 fully saturated rings. The second-order valence-electron chi connectivity index (χ2n) is 7.18. The van der Waals surface area contributed by atoms with Gasteiger partial charge >= 0.3 is 5.97 Å². The van der Waals surface area contributed by atoms with Gasteiger partial charge in [-0.1, -0.05) is 6.07 Å². The van der Waals surface area contributed by atoms with E-state index in [0.717, 1.165) is 17.1 Å². The van der Waals surface area contributed by atoms with Crippen LogP contribution in [0, 0.1) is 6.92 Å². The lowest BCUT2D eigenvalue weighted by molar-refractivity contribution is 0.0531. The van der Waals surface area contributed by atoms with E-state index in [-0.39, 0.29) is 18.2 Å². The van der Waals surface area contributed by atoms with Gasteiger partial charge in [-0.3, -0.25) is 9.69 Å². The minimum absolute atomic E-state index is 0.183. The number of hydrogen-bond donors (Lipinski definition) is 1. The first-order valence-corrected chi connectivity index (χ1v) is 10.7. The summed E-state index contributed by atoms with van der Waals surface area (Å²) in [5, 5.41) is 0.434. The Kier molecular flexibility index (Phi) is 6.97. The number of aromatic nitrogens is 2. The summed E-state index contributed by atoms with van der Waals surface area (Å²) < 4.78 is 15.8. The maximum Gasteiger partial charge on any atom is 0.348 e. The number of nitrogens with one attached hydrogen (secondary N) is 1. The summed E-state index contributed by atoms with van der Waals surface area (Å²) in [6, 6.07) is 5.49. The molecule has 0 aliphatic heterocycles. The van der Waals surface area contributed by atoms with Crippen molar-refractivity contribution in [3.63, 3.8) is 0 Å². The van der Waals surface area contributed by atoms with Crippen molar-refractivity contribution in [1.29, 1.82) is 0 Å². The van der Waals surface area contributed by atoms with Crippen LogP contribution < -0.4 is 15.0 Å². The second kappa shape index (κ2) is 9.49. The third-order valence-corrected chi connectivity index (χ3v) is 6.42. The zero-order chi connectivity index (χ0) is 22.7. The Morgan fingerprint density at radius 3 is 2.68 bits per heavy atom. The molecule has 0 aliphatic rings. The van der Waals surface area contributed by atoms with Crippen LogP contribution in [0.2, 0.25) is 0 Å². The molecule has 8 nitrogen and oxygen atoms in total. The van der Waals surface area contributed by atoms with Gasteiger partial charge in [0.2, 0.25) is 0 Å². The zero-order valence-electron chi connectivity index (χ0n) is 18.6. The van der Waals surface area contributed by atoms with Gasteiger partial charge < -0.3 is 19.2 Å². The van der Waals surface area contributed by atoms with Crippen molar-refractivity contribution in [2.75, 3.05) is 27.9 Å². The van der Waals surface area contributed by atoms with Crippen LogP contribution in [0.4, 0.5) is 0 Å². The normalized spacial score (nSPS) is 12.2. The second-order valence-corrected chi connectivity index (χ2v) is 8.18. The lowest BCUT2D eigenvalue weighted by Gasteiger charge is -2.24. The number of aromatic amines is 1. The molecule has 166 valence electrons. The minimum atomic E-state index is -0.430. The van der Waals surface area contributed by atoms with E-state index in [1.165, 1.54) is 11.3 Å². The Morgan fingerprint density at radius 2 is 2.03 bits per heavy atom. The molecule has 0 amide bonds. The standard InChI is InChI=1S/C22H27N3O5S/c1-7-30-22(27)18-12(2)17-20(26)23-19(24-21(17)31-18)13(3)25(4)11-14-8-9-15(28-5)10-16(14)29-6/h8-10,13H,7,11H2,1-6H3,(H,23,24,26)/t13-/m1/s1. The first kappa shape index (κ1) is 22.8. The van der Waals surface area contributed by atoms with Crippen LogP contribution >= 0.6 is 11.3 Å². The van der Waals surface area contributed by atoms with E-state index in [2.05, 4.69) is 14.9 Å². The van der Waals surface area contributed by atoms with E-state index in [9.17, 15) is 9.59 Å². The number of aryl methyl sites for hydroxylation is 1. The van der Waals surface area contributed by atoms with Crippen molar-refractivity contribution in [3.05, 3.63) is 50.4 Å². The Hall–Kier alpha value is -2.91. The van der Waals surface area contributed by atoms with Crippen molar-refractivity contribution < 1.29 is 19.0 Å². The summed E-state index contributed by atoms with van der Waals surface area (Å²) in [5.41, 5.74) is 1.33. The van der Waals surface area contributed by atoms with Gasteiger partial charge in [-0.05, 0) is 39.4 Å². The Balaban J connectivity index is 1.91. The number of benzene rings is 1. The molecule has 0 saturated heterocycles. The first-order valence-electron chi connectivity index (χ1n) is 9.92. The number of carbonyl (C=O) groups is 1. The minimum Gasteiger partial charge on any atom is -0.497 e. The summed E-state index contributed by atoms with van der Waals surface area (Å²) in [6.45, 7) is 6.31. The SMILES string of the molecule is CCOC(=O)c1sc2nc([C@@H](C)N(C)Cc3ccc(OC)cc3OC)[nH]c(=O)c2c1C. The molecule has 1 N–H and O–H groups in total. The average Bonchev–Trinajstić information content (AvgIpc) is 3.10. The van der Waals surface area contributed by atoms with Gasteiger partial charge in [0.15, 0.2) is 0 Å². The number of rotatable bonds is 8. The summed E-state index contributed by atoms with van der Waals surface area (Å²) in [6.07, 6.45) is 0. The number of fused-ring (bicyclic) bond motifs is 1. The molecule has 1 aromatic carbocycles. The summed E-state index contributed by atoms with van der Waals surface area (Å²) in [4.78, 5) is 35.5. The molecule has 2 heterocycles. The molecule has 9 heteroatoms. The molecule has 3 aromatic rings. The molecule has 0 unspecified atom stereocenters. The fraction of sp³-hybridized carbons (Fsp3) is 0.409. The highest BCUT2D eigenvalue weighted by Gasteiger charge is 2.23. The van der Waals surface area contributed by atoms with E-state index >= 15 is 0 Å². The summed E-state index contributed by atoms with van der Waals surface area (Å²) >= 11 is 1.19. The number of carbonyl (C=O) groups excluding carboxylic acids is 1. The van der Waals surface area contributed by atoms with Crippen LogP contribution in [-0.2, 0) is 11.3 Å². The maximum atomic E-state index is 12.8. The van der Waals surface area contributed by atoms with E-state index in [1.54, 1.807) is 28.1 Å². The molecule has 0 bridgehead atoms. The number of thiophene rings is 1. The number of H-pyrrole nitrogens is 1. The van der Waals surface area contributed by atoms with Crippen LogP contribution in [0.25, 0.3) is 10.2 Å². The van der Waals surface area contributed by atoms with E-state index < -0.39 is 5.97 Å². The van der Waals surface area contributed by atoms with Gasteiger partial charge in [0, 0.05) is 18.2 Å². The fourth-order valence-corrected chi connectivity index (χ4v) is 4.43. The van der Waals surface area contributed by atoms with Crippen LogP contribution in [0.15, 0.2) is 23.0 Å². The third-order valence-electron chi connectivity index (χ3n) is 5.25. The highest BCUT2D eigenvalue weighted by atomic mass is 32.1. The molecular weight excluding hydrogens is 418 g/mol. The van der Waals surface area contributed by atoms with Crippen LogP contribution in [0.1, 0.15) is 46.5 Å². The van der Waals surface area contributed by atoms with Crippen molar-refractivity contribution >= 4 is 27.5 Å². The topological polar surface area (TPSA) is 93.8 Å². The van der Waals surface area contributed by atoms with Gasteiger partial charge in [0.05, 0.1) is 32.3 Å². The largest absolute Gasteiger partial charge is 0.497 e. The lowest BCUT2D eigenvalue weighted by Crippen LogP contribution is -2.26. The highest BCUT2D eigenvalue weighted by molar-refractivity contribution is 7.20. The predicted octanol–water partition coefficient (Wildman–Crippen LogP) is 3.68. The Bertz CT molecular complexity index is 1150. The molecular formula is C22H27N3O5S. The van der Waals surface area contributed by atoms with Crippen molar-refractivity contribution in [2.24, 2.45) is 0 Å². The number of methoxy groups -OCH3 is 2. The van der Waals surface area contributed by atoms with Crippen LogP contribution in [0.3, 0.4) is 0 Å². The van der Waals surface area contributed by atoms with Crippen molar-refractivity contribution in [1.82, 2.24) is 14.9 Å². The first-order chi connectivity index (χ1) is 14.8. The Morgan fingerprint density at radius 1 is 1.29 bits per heavy atom. The van der Waals surface area contributed by atoms with Crippen molar-refractivity contribution in [2.45, 2.75) is 33.4 Å². The van der Waals surface area contributed by atoms with E-state index in [0.29, 0.717) is 33.0 Å². The molecule has 31 heavy (non-hydrogen) atoms. The van der Waals surface area contributed by atoms with Crippen molar-refractivity contribution in [3.8, 4) is 11.5 Å². The molecule has 1 atom stereocenters. The van der Waals surface area contributed by atoms with Crippen LogP contribution in [-0.4, -0.2) is 48.7 Å². The van der Waals surface area contributed by atoms with Gasteiger partial charge in [-0.25, -0.2) is 9.78 Å². The lowest BCUT2D eigenvalue weighted by atomic mass is 10.1. The summed E-state index contributed by atoms with van der Waals surface area (Å²) in [7, 11) is 5.18. The smallest absolute Gasteiger partial charge is 0.348 e. The molecule has 0 saturated carbocycles. The number of esters is 1. The maximum absolute atomic E-state index is 12.8. The number of nitrogens with zero attached hydrogens (tertiary/aromatic N) is 2. The number of ether oxygens (including phenoxy) is 3.